The summed E-state index contributed by atoms with van der Waals surface area (Å²) in [5.41, 5.74) is 6.23. The summed E-state index contributed by atoms with van der Waals surface area (Å²) >= 11 is 0. The summed E-state index contributed by atoms with van der Waals surface area (Å²) in [4.78, 5) is 9.59. The van der Waals surface area contributed by atoms with Gasteiger partial charge in [-0.25, -0.2) is 0 Å². The molecule has 3 aromatic rings. The first-order valence-corrected chi connectivity index (χ1v) is 8.32. The number of hydrogen-bond donors (Lipinski definition) is 1. The van der Waals surface area contributed by atoms with Crippen molar-refractivity contribution < 1.29 is 9.66 Å². The molecule has 3 aromatic carbocycles. The van der Waals surface area contributed by atoms with Crippen molar-refractivity contribution in [3.8, 4) is 5.75 Å². The SMILES string of the molecule is Cc1ccc(Nc2ccc3c(c2)OC3)cc1C.O=[N+]([O-])c1ccccc1. The van der Waals surface area contributed by atoms with Crippen LogP contribution in [0.2, 0.25) is 0 Å². The van der Waals surface area contributed by atoms with Crippen molar-refractivity contribution in [2.45, 2.75) is 20.5 Å². The molecule has 132 valence electrons. The average molecular weight is 348 g/mol. The standard InChI is InChI=1S/C15H15NO.C6H5NO2/c1-10-3-5-13(7-11(10)2)16-14-6-4-12-9-17-15(12)8-14;8-7(9)6-4-2-1-3-5-6/h3-8,16H,9H2,1-2H3;1-5H. The third kappa shape index (κ3) is 4.19. The van der Waals surface area contributed by atoms with E-state index in [0.717, 1.165) is 23.7 Å². The fraction of sp³-hybridized carbons (Fsp3) is 0.143. The van der Waals surface area contributed by atoms with Gasteiger partial charge in [0.15, 0.2) is 0 Å². The Hall–Kier alpha value is -3.34. The van der Waals surface area contributed by atoms with Gasteiger partial charge < -0.3 is 10.1 Å². The molecule has 0 saturated carbocycles. The van der Waals surface area contributed by atoms with Crippen LogP contribution in [0.1, 0.15) is 16.7 Å². The highest BCUT2D eigenvalue weighted by molar-refractivity contribution is 5.64. The van der Waals surface area contributed by atoms with E-state index in [-0.39, 0.29) is 5.69 Å². The molecule has 0 unspecified atom stereocenters. The molecule has 0 bridgehead atoms. The summed E-state index contributed by atoms with van der Waals surface area (Å²) in [5, 5.41) is 13.4. The lowest BCUT2D eigenvalue weighted by Gasteiger charge is -2.21. The molecule has 1 aliphatic heterocycles. The van der Waals surface area contributed by atoms with E-state index in [0.29, 0.717) is 0 Å². The highest BCUT2D eigenvalue weighted by Gasteiger charge is 2.14. The van der Waals surface area contributed by atoms with Crippen LogP contribution in [0.25, 0.3) is 0 Å². The molecule has 5 nitrogen and oxygen atoms in total. The number of rotatable bonds is 3. The van der Waals surface area contributed by atoms with Crippen molar-refractivity contribution in [2.75, 3.05) is 5.32 Å². The topological polar surface area (TPSA) is 64.4 Å². The van der Waals surface area contributed by atoms with Gasteiger partial charge in [-0.3, -0.25) is 10.1 Å². The Kier molecular flexibility index (Phi) is 5.17. The number of benzene rings is 3. The molecule has 0 radical (unpaired) electrons. The van der Waals surface area contributed by atoms with Gasteiger partial charge in [0.2, 0.25) is 0 Å². The van der Waals surface area contributed by atoms with Gasteiger partial charge in [-0.05, 0) is 49.2 Å². The predicted octanol–water partition coefficient (Wildman–Crippen LogP) is 5.53. The number of nitro groups is 1. The number of ether oxygens (including phenoxy) is 1. The lowest BCUT2D eigenvalue weighted by atomic mass is 10.1. The summed E-state index contributed by atoms with van der Waals surface area (Å²) in [6.07, 6.45) is 0. The van der Waals surface area contributed by atoms with Crippen molar-refractivity contribution >= 4 is 17.1 Å². The van der Waals surface area contributed by atoms with Crippen molar-refractivity contribution in [3.05, 3.63) is 93.5 Å². The van der Waals surface area contributed by atoms with Gasteiger partial charge in [-0.1, -0.05) is 24.3 Å². The first-order chi connectivity index (χ1) is 12.5. The van der Waals surface area contributed by atoms with Gasteiger partial charge in [0.1, 0.15) is 12.4 Å². The van der Waals surface area contributed by atoms with Crippen molar-refractivity contribution in [2.24, 2.45) is 0 Å². The first-order valence-electron chi connectivity index (χ1n) is 8.32. The Balaban J connectivity index is 0.000000185. The van der Waals surface area contributed by atoms with Crippen LogP contribution in [0.5, 0.6) is 5.75 Å². The van der Waals surface area contributed by atoms with E-state index in [1.165, 1.54) is 28.8 Å². The average Bonchev–Trinajstić information content (AvgIpc) is 2.62. The van der Waals surface area contributed by atoms with E-state index in [2.05, 4.69) is 49.5 Å². The lowest BCUT2D eigenvalue weighted by Crippen LogP contribution is -2.09. The Morgan fingerprint density at radius 2 is 1.62 bits per heavy atom. The number of nitro benzene ring substituents is 1. The van der Waals surface area contributed by atoms with Crippen LogP contribution in [0, 0.1) is 24.0 Å². The monoisotopic (exact) mass is 348 g/mol. The quantitative estimate of drug-likeness (QED) is 0.499. The van der Waals surface area contributed by atoms with Crippen molar-refractivity contribution in [1.82, 2.24) is 0 Å². The molecule has 4 rings (SSSR count). The van der Waals surface area contributed by atoms with Crippen molar-refractivity contribution in [3.63, 3.8) is 0 Å². The zero-order valence-electron chi connectivity index (χ0n) is 14.7. The van der Waals surface area contributed by atoms with Gasteiger partial charge in [0.05, 0.1) is 4.92 Å². The molecule has 0 spiro atoms. The summed E-state index contributed by atoms with van der Waals surface area (Å²) in [7, 11) is 0. The minimum atomic E-state index is -0.417. The third-order valence-electron chi connectivity index (χ3n) is 4.21. The highest BCUT2D eigenvalue weighted by Crippen LogP contribution is 2.32. The third-order valence-corrected chi connectivity index (χ3v) is 4.21. The van der Waals surface area contributed by atoms with Gasteiger partial charge >= 0.3 is 0 Å². The molecule has 0 amide bonds. The number of nitrogens with one attached hydrogen (secondary N) is 1. The van der Waals surface area contributed by atoms with Crippen LogP contribution in [0.3, 0.4) is 0 Å². The number of hydrogen-bond acceptors (Lipinski definition) is 4. The number of nitrogens with zero attached hydrogens (tertiary/aromatic N) is 1. The van der Waals surface area contributed by atoms with Gasteiger partial charge in [-0.15, -0.1) is 0 Å². The second-order valence-electron chi connectivity index (χ2n) is 6.13. The molecule has 26 heavy (non-hydrogen) atoms. The number of fused-ring (bicyclic) bond motifs is 1. The van der Waals surface area contributed by atoms with E-state index in [1.807, 2.05) is 6.07 Å². The Morgan fingerprint density at radius 1 is 0.923 bits per heavy atom. The van der Waals surface area contributed by atoms with Gasteiger partial charge in [0.25, 0.3) is 5.69 Å². The van der Waals surface area contributed by atoms with E-state index >= 15 is 0 Å². The zero-order chi connectivity index (χ0) is 18.5. The second kappa shape index (κ2) is 7.70. The van der Waals surface area contributed by atoms with E-state index in [4.69, 9.17) is 4.74 Å². The molecule has 0 saturated heterocycles. The molecular weight excluding hydrogens is 328 g/mol. The maximum Gasteiger partial charge on any atom is 0.269 e. The maximum absolute atomic E-state index is 10.0. The molecule has 0 atom stereocenters. The molecule has 5 heteroatoms. The van der Waals surface area contributed by atoms with Crippen LogP contribution in [0.15, 0.2) is 66.7 Å². The van der Waals surface area contributed by atoms with Crippen LogP contribution < -0.4 is 10.1 Å². The Bertz CT molecular complexity index is 886. The molecule has 0 fully saturated rings. The summed E-state index contributed by atoms with van der Waals surface area (Å²) < 4.78 is 5.36. The van der Waals surface area contributed by atoms with E-state index in [1.54, 1.807) is 18.2 Å². The Morgan fingerprint density at radius 3 is 2.15 bits per heavy atom. The van der Waals surface area contributed by atoms with Crippen LogP contribution in [-0.4, -0.2) is 4.92 Å². The van der Waals surface area contributed by atoms with Crippen molar-refractivity contribution in [1.29, 1.82) is 0 Å². The Labute approximate surface area is 152 Å². The fourth-order valence-electron chi connectivity index (χ4n) is 2.50. The van der Waals surface area contributed by atoms with E-state index < -0.39 is 4.92 Å². The van der Waals surface area contributed by atoms with E-state index in [9.17, 15) is 10.1 Å². The largest absolute Gasteiger partial charge is 0.488 e. The zero-order valence-corrected chi connectivity index (χ0v) is 14.7. The first kappa shape index (κ1) is 17.5. The number of aryl methyl sites for hydroxylation is 2. The fourth-order valence-corrected chi connectivity index (χ4v) is 2.50. The lowest BCUT2D eigenvalue weighted by molar-refractivity contribution is -0.384. The van der Waals surface area contributed by atoms with Crippen LogP contribution >= 0.6 is 0 Å². The molecular formula is C21H20N2O3. The predicted molar refractivity (Wildman–Crippen MR) is 103 cm³/mol. The summed E-state index contributed by atoms with van der Waals surface area (Å²) in [5.74, 6) is 0.999. The highest BCUT2D eigenvalue weighted by atomic mass is 16.6. The summed E-state index contributed by atoms with van der Waals surface area (Å²) in [6, 6.07) is 20.6. The van der Waals surface area contributed by atoms with Crippen LogP contribution in [0.4, 0.5) is 17.1 Å². The number of anilines is 2. The molecule has 1 N–H and O–H groups in total. The maximum atomic E-state index is 10.0. The van der Waals surface area contributed by atoms with Gasteiger partial charge in [0, 0.05) is 35.1 Å². The van der Waals surface area contributed by atoms with Gasteiger partial charge in [-0.2, -0.15) is 0 Å². The molecule has 0 aliphatic carbocycles. The minimum absolute atomic E-state index is 0.137. The number of para-hydroxylation sites is 1. The minimum Gasteiger partial charge on any atom is -0.488 e. The molecule has 0 aromatic heterocycles. The summed E-state index contributed by atoms with van der Waals surface area (Å²) in [6.45, 7) is 5.00. The normalized spacial score (nSPS) is 11.2. The second-order valence-corrected chi connectivity index (χ2v) is 6.13. The van der Waals surface area contributed by atoms with Crippen LogP contribution in [-0.2, 0) is 6.61 Å². The molecule has 1 aliphatic rings. The number of non-ortho nitro benzene ring substituents is 1. The smallest absolute Gasteiger partial charge is 0.269 e. The molecule has 1 heterocycles.